The molecule has 1 atom stereocenters. The lowest BCUT2D eigenvalue weighted by Gasteiger charge is -2.20. The van der Waals surface area contributed by atoms with Gasteiger partial charge in [0.25, 0.3) is 0 Å². The van der Waals surface area contributed by atoms with Crippen LogP contribution in [0.15, 0.2) is 42.5 Å². The molecule has 0 saturated carbocycles. The van der Waals surface area contributed by atoms with Gasteiger partial charge >= 0.3 is 0 Å². The number of para-hydroxylation sites is 1. The predicted octanol–water partition coefficient (Wildman–Crippen LogP) is 5.11. The van der Waals surface area contributed by atoms with Crippen LogP contribution in [0.2, 0.25) is 5.02 Å². The zero-order valence-corrected chi connectivity index (χ0v) is 14.7. The number of anilines is 1. The van der Waals surface area contributed by atoms with Crippen molar-refractivity contribution in [2.45, 2.75) is 26.8 Å². The first-order valence-corrected chi connectivity index (χ1v) is 8.35. The molecule has 3 aromatic rings. The van der Waals surface area contributed by atoms with Gasteiger partial charge in [0.2, 0.25) is 0 Å². The van der Waals surface area contributed by atoms with Gasteiger partial charge in [-0.3, -0.25) is 0 Å². The summed E-state index contributed by atoms with van der Waals surface area (Å²) in [6.07, 6.45) is 0. The Bertz CT molecular complexity index is 880. The average Bonchev–Trinajstić information content (AvgIpc) is 2.54. The highest BCUT2D eigenvalue weighted by molar-refractivity contribution is 6.31. The fourth-order valence-corrected chi connectivity index (χ4v) is 2.54. The van der Waals surface area contributed by atoms with Crippen molar-refractivity contribution < 1.29 is 5.11 Å². The summed E-state index contributed by atoms with van der Waals surface area (Å²) < 4.78 is 0. The number of fused-ring (bicyclic) bond motifs is 1. The molecular weight excluding hydrogens is 322 g/mol. The smallest absolute Gasteiger partial charge is 0.165 e. The molecular formula is C19H20ClN3O. The van der Waals surface area contributed by atoms with Crippen molar-refractivity contribution in [1.82, 2.24) is 9.97 Å². The van der Waals surface area contributed by atoms with Gasteiger partial charge in [-0.15, -0.1) is 0 Å². The zero-order chi connectivity index (χ0) is 17.3. The van der Waals surface area contributed by atoms with E-state index in [-0.39, 0.29) is 11.8 Å². The molecule has 1 heterocycles. The van der Waals surface area contributed by atoms with Crippen molar-refractivity contribution in [3.63, 3.8) is 0 Å². The number of hydrogen-bond donors (Lipinski definition) is 2. The van der Waals surface area contributed by atoms with Crippen LogP contribution in [-0.4, -0.2) is 21.1 Å². The minimum Gasteiger partial charge on any atom is -0.507 e. The summed E-state index contributed by atoms with van der Waals surface area (Å²) in [5.41, 5.74) is 1.34. The highest BCUT2D eigenvalue weighted by Gasteiger charge is 2.15. The quantitative estimate of drug-likeness (QED) is 0.692. The number of rotatable bonds is 4. The van der Waals surface area contributed by atoms with E-state index in [0.29, 0.717) is 22.3 Å². The van der Waals surface area contributed by atoms with Crippen molar-refractivity contribution in [1.29, 1.82) is 0 Å². The Balaban J connectivity index is 2.19. The Morgan fingerprint density at radius 1 is 1.04 bits per heavy atom. The number of benzene rings is 2. The maximum atomic E-state index is 10.1. The minimum absolute atomic E-state index is 0.154. The minimum atomic E-state index is 0.154. The third-order valence-corrected chi connectivity index (χ3v) is 4.40. The Hall–Kier alpha value is -2.33. The van der Waals surface area contributed by atoms with E-state index in [1.54, 1.807) is 18.2 Å². The fourth-order valence-electron chi connectivity index (χ4n) is 2.38. The van der Waals surface area contributed by atoms with Crippen molar-refractivity contribution >= 4 is 28.3 Å². The summed E-state index contributed by atoms with van der Waals surface area (Å²) in [4.78, 5) is 9.24. The fraction of sp³-hybridized carbons (Fsp3) is 0.263. The monoisotopic (exact) mass is 341 g/mol. The first-order chi connectivity index (χ1) is 11.5. The largest absolute Gasteiger partial charge is 0.507 e. The van der Waals surface area contributed by atoms with E-state index in [0.717, 1.165) is 16.7 Å². The molecule has 24 heavy (non-hydrogen) atoms. The maximum Gasteiger partial charge on any atom is 0.165 e. The van der Waals surface area contributed by atoms with E-state index >= 15 is 0 Å². The molecule has 5 heteroatoms. The zero-order valence-electron chi connectivity index (χ0n) is 13.9. The number of phenols is 1. The van der Waals surface area contributed by atoms with Gasteiger partial charge in [-0.05, 0) is 43.2 Å². The summed E-state index contributed by atoms with van der Waals surface area (Å²) >= 11 is 6.13. The van der Waals surface area contributed by atoms with Crippen molar-refractivity contribution in [3.05, 3.63) is 47.5 Å². The summed E-state index contributed by atoms with van der Waals surface area (Å²) in [6.45, 7) is 6.43. The third-order valence-electron chi connectivity index (χ3n) is 4.17. The second kappa shape index (κ2) is 6.65. The second-order valence-corrected chi connectivity index (χ2v) is 6.69. The lowest BCUT2D eigenvalue weighted by molar-refractivity contribution is 0.477. The second-order valence-electron chi connectivity index (χ2n) is 6.25. The number of aromatic nitrogens is 2. The number of phenolic OH excluding ortho intramolecular Hbond substituents is 1. The van der Waals surface area contributed by atoms with Crippen LogP contribution in [0.25, 0.3) is 22.3 Å². The molecule has 1 aromatic heterocycles. The van der Waals surface area contributed by atoms with E-state index < -0.39 is 0 Å². The predicted molar refractivity (Wildman–Crippen MR) is 99.6 cm³/mol. The van der Waals surface area contributed by atoms with Crippen LogP contribution in [0.3, 0.4) is 0 Å². The van der Waals surface area contributed by atoms with Gasteiger partial charge in [-0.1, -0.05) is 37.6 Å². The van der Waals surface area contributed by atoms with Crippen molar-refractivity contribution in [3.8, 4) is 17.1 Å². The lowest BCUT2D eigenvalue weighted by atomic mass is 10.1. The number of nitrogens with one attached hydrogen (secondary N) is 1. The molecule has 0 fully saturated rings. The van der Waals surface area contributed by atoms with Crippen LogP contribution in [-0.2, 0) is 0 Å². The average molecular weight is 342 g/mol. The molecule has 0 spiro atoms. The summed E-state index contributed by atoms with van der Waals surface area (Å²) in [5, 5.41) is 15.1. The molecule has 0 unspecified atom stereocenters. The van der Waals surface area contributed by atoms with Gasteiger partial charge in [0.15, 0.2) is 5.82 Å². The van der Waals surface area contributed by atoms with Crippen LogP contribution in [0.4, 0.5) is 5.82 Å². The molecule has 0 aliphatic rings. The van der Waals surface area contributed by atoms with Crippen LogP contribution in [0.1, 0.15) is 20.8 Å². The normalized spacial score (nSPS) is 12.5. The Morgan fingerprint density at radius 3 is 2.50 bits per heavy atom. The highest BCUT2D eigenvalue weighted by Crippen LogP contribution is 2.31. The standard InChI is InChI=1S/C19H20ClN3O/c1-11(2)12(3)21-18-14-9-8-13(20)10-16(14)22-19(23-18)15-6-4-5-7-17(15)24/h4-12,24H,1-3H3,(H,21,22,23)/t12-/m0/s1. The first-order valence-electron chi connectivity index (χ1n) is 7.98. The SMILES string of the molecule is CC(C)[C@H](C)Nc1nc(-c2ccccc2O)nc2cc(Cl)ccc12. The van der Waals surface area contributed by atoms with E-state index in [9.17, 15) is 5.11 Å². The molecule has 0 aliphatic heterocycles. The lowest BCUT2D eigenvalue weighted by Crippen LogP contribution is -2.22. The van der Waals surface area contributed by atoms with Gasteiger partial charge in [-0.25, -0.2) is 9.97 Å². The molecule has 0 amide bonds. The molecule has 2 aromatic carbocycles. The van der Waals surface area contributed by atoms with Crippen LogP contribution < -0.4 is 5.32 Å². The van der Waals surface area contributed by atoms with Crippen LogP contribution in [0.5, 0.6) is 5.75 Å². The van der Waals surface area contributed by atoms with Gasteiger partial charge in [0.05, 0.1) is 11.1 Å². The summed E-state index contributed by atoms with van der Waals surface area (Å²) in [7, 11) is 0. The van der Waals surface area contributed by atoms with Gasteiger partial charge in [-0.2, -0.15) is 0 Å². The van der Waals surface area contributed by atoms with Gasteiger partial charge in [0, 0.05) is 16.5 Å². The number of nitrogens with zero attached hydrogens (tertiary/aromatic N) is 2. The molecule has 4 nitrogen and oxygen atoms in total. The molecule has 2 N–H and O–H groups in total. The van der Waals surface area contributed by atoms with E-state index in [4.69, 9.17) is 11.6 Å². The summed E-state index contributed by atoms with van der Waals surface area (Å²) in [6, 6.07) is 12.9. The van der Waals surface area contributed by atoms with Crippen molar-refractivity contribution in [2.75, 3.05) is 5.32 Å². The molecule has 124 valence electrons. The van der Waals surface area contributed by atoms with Crippen LogP contribution >= 0.6 is 11.6 Å². The molecule has 0 saturated heterocycles. The van der Waals surface area contributed by atoms with Crippen molar-refractivity contribution in [2.24, 2.45) is 5.92 Å². The number of hydrogen-bond acceptors (Lipinski definition) is 4. The van der Waals surface area contributed by atoms with Crippen LogP contribution in [0, 0.1) is 5.92 Å². The topological polar surface area (TPSA) is 58.0 Å². The highest BCUT2D eigenvalue weighted by atomic mass is 35.5. The molecule has 0 aliphatic carbocycles. The third kappa shape index (κ3) is 3.29. The van der Waals surface area contributed by atoms with E-state index in [1.165, 1.54) is 0 Å². The van der Waals surface area contributed by atoms with Gasteiger partial charge in [0.1, 0.15) is 11.6 Å². The maximum absolute atomic E-state index is 10.1. The Morgan fingerprint density at radius 2 is 1.79 bits per heavy atom. The number of aromatic hydroxyl groups is 1. The molecule has 0 radical (unpaired) electrons. The van der Waals surface area contributed by atoms with E-state index in [1.807, 2.05) is 24.3 Å². The summed E-state index contributed by atoms with van der Waals surface area (Å²) in [5.74, 6) is 1.83. The molecule has 0 bridgehead atoms. The Kier molecular flexibility index (Phi) is 4.58. The molecule has 3 rings (SSSR count). The van der Waals surface area contributed by atoms with E-state index in [2.05, 4.69) is 36.1 Å². The Labute approximate surface area is 146 Å². The number of halogens is 1. The first kappa shape index (κ1) is 16.5. The van der Waals surface area contributed by atoms with Gasteiger partial charge < -0.3 is 10.4 Å².